The summed E-state index contributed by atoms with van der Waals surface area (Å²) in [6.07, 6.45) is 1.57. The van der Waals surface area contributed by atoms with Crippen LogP contribution in [0.2, 0.25) is 0 Å². The Kier molecular flexibility index (Phi) is 4.07. The Labute approximate surface area is 110 Å². The summed E-state index contributed by atoms with van der Waals surface area (Å²) < 4.78 is 12.7. The van der Waals surface area contributed by atoms with E-state index in [4.69, 9.17) is 0 Å². The summed E-state index contributed by atoms with van der Waals surface area (Å²) in [4.78, 5) is 15.9. The van der Waals surface area contributed by atoms with Crippen LogP contribution in [0, 0.1) is 5.82 Å². The number of halogens is 1. The number of hydrogen-bond donors (Lipinski definition) is 2. The Hall–Kier alpha value is -2.43. The van der Waals surface area contributed by atoms with Crippen LogP contribution in [-0.4, -0.2) is 17.9 Å². The number of hydrogen-bond acceptors (Lipinski definition) is 3. The van der Waals surface area contributed by atoms with E-state index in [1.54, 1.807) is 37.5 Å². The van der Waals surface area contributed by atoms with Crippen LogP contribution in [0.25, 0.3) is 0 Å². The number of pyridine rings is 1. The summed E-state index contributed by atoms with van der Waals surface area (Å²) in [5.41, 5.74) is 2.00. The van der Waals surface area contributed by atoms with E-state index in [9.17, 15) is 9.18 Å². The summed E-state index contributed by atoms with van der Waals surface area (Å²) in [6.45, 7) is 0.338. The number of carbonyl (C=O) groups is 1. The first-order valence-electron chi connectivity index (χ1n) is 5.85. The molecule has 1 heterocycles. The third-order valence-corrected chi connectivity index (χ3v) is 2.65. The fourth-order valence-corrected chi connectivity index (χ4v) is 1.59. The molecule has 0 aliphatic carbocycles. The molecule has 2 aromatic rings. The largest absolute Gasteiger partial charge is 0.388 e. The second-order valence-electron chi connectivity index (χ2n) is 3.99. The first-order valence-corrected chi connectivity index (χ1v) is 5.85. The highest BCUT2D eigenvalue weighted by Gasteiger charge is 2.07. The van der Waals surface area contributed by atoms with Gasteiger partial charge in [0.25, 0.3) is 5.91 Å². The van der Waals surface area contributed by atoms with Crippen LogP contribution in [0.15, 0.2) is 42.6 Å². The quantitative estimate of drug-likeness (QED) is 0.885. The zero-order chi connectivity index (χ0) is 13.7. The van der Waals surface area contributed by atoms with Crippen molar-refractivity contribution in [3.63, 3.8) is 0 Å². The molecule has 0 spiro atoms. The first-order chi connectivity index (χ1) is 9.19. The number of carbonyl (C=O) groups excluding carboxylic acids is 1. The molecular weight excluding hydrogens is 245 g/mol. The lowest BCUT2D eigenvalue weighted by Gasteiger charge is -2.06. The van der Waals surface area contributed by atoms with Gasteiger partial charge in [-0.25, -0.2) is 4.39 Å². The maximum absolute atomic E-state index is 12.7. The van der Waals surface area contributed by atoms with Crippen molar-refractivity contribution in [2.24, 2.45) is 0 Å². The molecule has 1 aromatic heterocycles. The fourth-order valence-electron chi connectivity index (χ4n) is 1.59. The van der Waals surface area contributed by atoms with Crippen molar-refractivity contribution < 1.29 is 9.18 Å². The molecule has 0 atom stereocenters. The minimum atomic E-state index is -0.293. The first kappa shape index (κ1) is 13.0. The van der Waals surface area contributed by atoms with E-state index >= 15 is 0 Å². The molecule has 0 unspecified atom stereocenters. The lowest BCUT2D eigenvalue weighted by molar-refractivity contribution is 0.0946. The predicted octanol–water partition coefficient (Wildman–Crippen LogP) is 2.19. The normalized spacial score (nSPS) is 10.0. The van der Waals surface area contributed by atoms with E-state index in [0.29, 0.717) is 12.2 Å². The van der Waals surface area contributed by atoms with Crippen LogP contribution >= 0.6 is 0 Å². The number of aromatic nitrogens is 1. The van der Waals surface area contributed by atoms with Crippen molar-refractivity contribution in [1.29, 1.82) is 0 Å². The second kappa shape index (κ2) is 5.95. The summed E-state index contributed by atoms with van der Waals surface area (Å²) in [5.74, 6) is -0.556. The van der Waals surface area contributed by atoms with Crippen LogP contribution < -0.4 is 10.6 Å². The Morgan fingerprint density at radius 3 is 2.68 bits per heavy atom. The summed E-state index contributed by atoms with van der Waals surface area (Å²) in [7, 11) is 1.77. The highest BCUT2D eigenvalue weighted by molar-refractivity contribution is 5.93. The van der Waals surface area contributed by atoms with E-state index in [0.717, 1.165) is 11.3 Å². The van der Waals surface area contributed by atoms with Gasteiger partial charge in [-0.2, -0.15) is 0 Å². The number of amides is 1. The van der Waals surface area contributed by atoms with Crippen molar-refractivity contribution >= 4 is 11.6 Å². The van der Waals surface area contributed by atoms with Gasteiger partial charge in [-0.3, -0.25) is 9.78 Å². The van der Waals surface area contributed by atoms with Gasteiger partial charge in [0.05, 0.1) is 0 Å². The highest BCUT2D eigenvalue weighted by atomic mass is 19.1. The minimum absolute atomic E-state index is 0.263. The topological polar surface area (TPSA) is 54.0 Å². The molecule has 1 amide bonds. The van der Waals surface area contributed by atoms with Gasteiger partial charge < -0.3 is 10.6 Å². The molecule has 0 aliphatic heterocycles. The maximum atomic E-state index is 12.7. The molecule has 2 rings (SSSR count). The van der Waals surface area contributed by atoms with E-state index in [2.05, 4.69) is 15.6 Å². The summed E-state index contributed by atoms with van der Waals surface area (Å²) in [6, 6.07) is 9.43. The van der Waals surface area contributed by atoms with Crippen LogP contribution in [0.5, 0.6) is 0 Å². The second-order valence-corrected chi connectivity index (χ2v) is 3.99. The van der Waals surface area contributed by atoms with Crippen LogP contribution in [0.4, 0.5) is 10.1 Å². The zero-order valence-electron chi connectivity index (χ0n) is 10.5. The SMILES string of the molecule is CNc1ccnc(C(=O)NCc2ccc(F)cc2)c1. The van der Waals surface area contributed by atoms with Crippen molar-refractivity contribution in [3.05, 3.63) is 59.7 Å². The molecule has 98 valence electrons. The molecule has 0 radical (unpaired) electrons. The average molecular weight is 259 g/mol. The van der Waals surface area contributed by atoms with Crippen molar-refractivity contribution in [2.75, 3.05) is 12.4 Å². The Balaban J connectivity index is 1.99. The van der Waals surface area contributed by atoms with Crippen molar-refractivity contribution in [3.8, 4) is 0 Å². The van der Waals surface area contributed by atoms with E-state index in [-0.39, 0.29) is 11.7 Å². The standard InChI is InChI=1S/C14H14FN3O/c1-16-12-6-7-17-13(8-12)14(19)18-9-10-2-4-11(15)5-3-10/h2-8H,9H2,1H3,(H,16,17)(H,18,19). The van der Waals surface area contributed by atoms with Crippen molar-refractivity contribution in [2.45, 2.75) is 6.54 Å². The van der Waals surface area contributed by atoms with Gasteiger partial charge in [-0.15, -0.1) is 0 Å². The lowest BCUT2D eigenvalue weighted by atomic mass is 10.2. The minimum Gasteiger partial charge on any atom is -0.388 e. The Morgan fingerprint density at radius 1 is 1.26 bits per heavy atom. The smallest absolute Gasteiger partial charge is 0.270 e. The monoisotopic (exact) mass is 259 g/mol. The van der Waals surface area contributed by atoms with Gasteiger partial charge in [-0.1, -0.05) is 12.1 Å². The van der Waals surface area contributed by atoms with Crippen LogP contribution in [0.1, 0.15) is 16.1 Å². The molecule has 19 heavy (non-hydrogen) atoms. The molecule has 0 bridgehead atoms. The molecule has 0 fully saturated rings. The van der Waals surface area contributed by atoms with Crippen molar-refractivity contribution in [1.82, 2.24) is 10.3 Å². The molecule has 0 saturated heterocycles. The Bertz CT molecular complexity index is 569. The van der Waals surface area contributed by atoms with E-state index in [1.165, 1.54) is 12.1 Å². The van der Waals surface area contributed by atoms with Gasteiger partial charge in [0.1, 0.15) is 11.5 Å². The van der Waals surface area contributed by atoms with Gasteiger partial charge in [-0.05, 0) is 29.8 Å². The van der Waals surface area contributed by atoms with Gasteiger partial charge >= 0.3 is 0 Å². The number of anilines is 1. The molecule has 0 saturated carbocycles. The number of rotatable bonds is 4. The van der Waals surface area contributed by atoms with E-state index < -0.39 is 0 Å². The summed E-state index contributed by atoms with van der Waals surface area (Å²) in [5, 5.41) is 5.67. The number of nitrogens with one attached hydrogen (secondary N) is 2. The van der Waals surface area contributed by atoms with Gasteiger partial charge in [0, 0.05) is 25.5 Å². The highest BCUT2D eigenvalue weighted by Crippen LogP contribution is 2.07. The van der Waals surface area contributed by atoms with Crippen LogP contribution in [-0.2, 0) is 6.54 Å². The zero-order valence-corrected chi connectivity index (χ0v) is 10.5. The Morgan fingerprint density at radius 2 is 2.00 bits per heavy atom. The average Bonchev–Trinajstić information content (AvgIpc) is 2.46. The predicted molar refractivity (Wildman–Crippen MR) is 71.4 cm³/mol. The number of nitrogens with zero attached hydrogens (tertiary/aromatic N) is 1. The molecule has 4 nitrogen and oxygen atoms in total. The summed E-state index contributed by atoms with van der Waals surface area (Å²) >= 11 is 0. The molecular formula is C14H14FN3O. The molecule has 1 aromatic carbocycles. The fraction of sp³-hybridized carbons (Fsp3) is 0.143. The third kappa shape index (κ3) is 3.51. The van der Waals surface area contributed by atoms with Gasteiger partial charge in [0.2, 0.25) is 0 Å². The third-order valence-electron chi connectivity index (χ3n) is 2.65. The maximum Gasteiger partial charge on any atom is 0.270 e. The number of benzene rings is 1. The lowest BCUT2D eigenvalue weighted by Crippen LogP contribution is -2.23. The van der Waals surface area contributed by atoms with Crippen LogP contribution in [0.3, 0.4) is 0 Å². The van der Waals surface area contributed by atoms with Gasteiger partial charge in [0.15, 0.2) is 0 Å². The molecule has 0 aliphatic rings. The molecule has 5 heteroatoms. The molecule has 2 N–H and O–H groups in total. The van der Waals surface area contributed by atoms with E-state index in [1.807, 2.05) is 0 Å².